The van der Waals surface area contributed by atoms with Crippen LogP contribution < -0.4 is 10.6 Å². The van der Waals surface area contributed by atoms with Crippen LogP contribution in [0.2, 0.25) is 0 Å². The molecule has 3 nitrogen and oxygen atoms in total. The molecule has 4 rings (SSSR count). The molecule has 0 aromatic heterocycles. The molecule has 0 amide bonds. The van der Waals surface area contributed by atoms with Gasteiger partial charge in [0.2, 0.25) is 0 Å². The van der Waals surface area contributed by atoms with Crippen LogP contribution in [0.1, 0.15) is 33.1 Å². The van der Waals surface area contributed by atoms with Crippen LogP contribution in [0.15, 0.2) is 47.2 Å². The number of rotatable bonds is 2. The van der Waals surface area contributed by atoms with Crippen LogP contribution in [0.5, 0.6) is 0 Å². The highest BCUT2D eigenvalue weighted by Crippen LogP contribution is 2.61. The van der Waals surface area contributed by atoms with Gasteiger partial charge in [-0.3, -0.25) is 0 Å². The first-order chi connectivity index (χ1) is 11.4. The number of hydrogen-bond donors (Lipinski definition) is 3. The second kappa shape index (κ2) is 5.34. The predicted molar refractivity (Wildman–Crippen MR) is 98.3 cm³/mol. The summed E-state index contributed by atoms with van der Waals surface area (Å²) >= 11 is 0. The Morgan fingerprint density at radius 2 is 1.96 bits per heavy atom. The predicted octanol–water partition coefficient (Wildman–Crippen LogP) is 2.92. The van der Waals surface area contributed by atoms with E-state index in [9.17, 15) is 5.11 Å². The van der Waals surface area contributed by atoms with Gasteiger partial charge in [-0.25, -0.2) is 0 Å². The summed E-state index contributed by atoms with van der Waals surface area (Å²) in [5.74, 6) is 1.02. The lowest BCUT2D eigenvalue weighted by Gasteiger charge is -2.54. The van der Waals surface area contributed by atoms with E-state index in [1.807, 2.05) is 13.1 Å². The summed E-state index contributed by atoms with van der Waals surface area (Å²) in [4.78, 5) is 0. The molecular formula is C21H30N2O. The quantitative estimate of drug-likeness (QED) is 0.684. The van der Waals surface area contributed by atoms with Gasteiger partial charge < -0.3 is 15.7 Å². The molecule has 0 spiro atoms. The highest BCUT2D eigenvalue weighted by Gasteiger charge is 2.54. The first-order valence-electron chi connectivity index (χ1n) is 9.30. The molecule has 0 bridgehead atoms. The fourth-order valence-corrected chi connectivity index (χ4v) is 5.82. The van der Waals surface area contributed by atoms with Crippen LogP contribution in [0.4, 0.5) is 0 Å². The van der Waals surface area contributed by atoms with Gasteiger partial charge in [0, 0.05) is 30.1 Å². The van der Waals surface area contributed by atoms with Crippen molar-refractivity contribution in [2.45, 2.75) is 45.3 Å². The zero-order valence-corrected chi connectivity index (χ0v) is 15.3. The average Bonchev–Trinajstić information content (AvgIpc) is 2.91. The lowest BCUT2D eigenvalue weighted by Crippen LogP contribution is -2.50. The summed E-state index contributed by atoms with van der Waals surface area (Å²) in [5.41, 5.74) is 4.57. The molecule has 0 aromatic carbocycles. The molecule has 3 heteroatoms. The van der Waals surface area contributed by atoms with Gasteiger partial charge in [-0.15, -0.1) is 0 Å². The molecule has 1 saturated carbocycles. The maximum atomic E-state index is 10.1. The van der Waals surface area contributed by atoms with Crippen molar-refractivity contribution in [1.29, 1.82) is 0 Å². The van der Waals surface area contributed by atoms with Crippen LogP contribution in [-0.4, -0.2) is 31.3 Å². The van der Waals surface area contributed by atoms with Crippen molar-refractivity contribution in [3.05, 3.63) is 47.2 Å². The Kier molecular flexibility index (Phi) is 3.59. The lowest BCUT2D eigenvalue weighted by atomic mass is 9.51. The van der Waals surface area contributed by atoms with Gasteiger partial charge in [0.05, 0.1) is 6.10 Å². The second-order valence-electron chi connectivity index (χ2n) is 8.43. The summed E-state index contributed by atoms with van der Waals surface area (Å²) in [5, 5.41) is 17.1. The minimum absolute atomic E-state index is 0.0574. The third kappa shape index (κ3) is 1.98. The average molecular weight is 326 g/mol. The number of nitrogens with one attached hydrogen (secondary N) is 2. The standard InChI is InChI=1S/C21H30N2O/c1-20-9-7-14(24)11-13(20)12-17(22-3)19-15-5-6-18(23-4)21(15,2)10-8-16(19)20/h5-7,9,12,14-16,18,22-24H,8,10-11H2,1-4H3/t14?,15-,16+,18?,20-,21-/m0/s1. The van der Waals surface area contributed by atoms with Crippen molar-refractivity contribution in [2.75, 3.05) is 14.1 Å². The molecule has 3 N–H and O–H groups in total. The van der Waals surface area contributed by atoms with Crippen molar-refractivity contribution < 1.29 is 5.11 Å². The molecular weight excluding hydrogens is 296 g/mol. The molecule has 1 fully saturated rings. The van der Waals surface area contributed by atoms with E-state index in [4.69, 9.17) is 0 Å². The summed E-state index contributed by atoms with van der Waals surface area (Å²) in [6.07, 6.45) is 14.3. The van der Waals surface area contributed by atoms with E-state index in [0.717, 1.165) is 6.42 Å². The Bertz CT molecular complexity index is 673. The van der Waals surface area contributed by atoms with Crippen molar-refractivity contribution in [1.82, 2.24) is 10.6 Å². The maximum Gasteiger partial charge on any atom is 0.0758 e. The number of aliphatic hydroxyl groups is 1. The van der Waals surface area contributed by atoms with Crippen molar-refractivity contribution in [3.8, 4) is 0 Å². The Balaban J connectivity index is 1.85. The van der Waals surface area contributed by atoms with Gasteiger partial charge in [-0.1, -0.05) is 43.7 Å². The number of aliphatic hydroxyl groups excluding tert-OH is 1. The van der Waals surface area contributed by atoms with E-state index >= 15 is 0 Å². The number of fused-ring (bicyclic) bond motifs is 5. The zero-order valence-electron chi connectivity index (χ0n) is 15.3. The molecule has 0 aromatic rings. The van der Waals surface area contributed by atoms with E-state index in [1.54, 1.807) is 5.57 Å². The van der Waals surface area contributed by atoms with Crippen molar-refractivity contribution in [2.24, 2.45) is 22.7 Å². The van der Waals surface area contributed by atoms with E-state index in [1.165, 1.54) is 24.1 Å². The van der Waals surface area contributed by atoms with Crippen LogP contribution in [0.25, 0.3) is 0 Å². The molecule has 130 valence electrons. The van der Waals surface area contributed by atoms with Crippen LogP contribution >= 0.6 is 0 Å². The van der Waals surface area contributed by atoms with Gasteiger partial charge in [-0.2, -0.15) is 0 Å². The first-order valence-corrected chi connectivity index (χ1v) is 9.30. The Hall–Kier alpha value is -1.32. The van der Waals surface area contributed by atoms with Crippen LogP contribution in [0.3, 0.4) is 0 Å². The minimum atomic E-state index is -0.335. The number of likely N-dealkylation sites (N-methyl/N-ethyl adjacent to an activating group) is 2. The number of hydrogen-bond acceptors (Lipinski definition) is 3. The molecule has 0 radical (unpaired) electrons. The lowest BCUT2D eigenvalue weighted by molar-refractivity contribution is 0.110. The Morgan fingerprint density at radius 3 is 2.67 bits per heavy atom. The molecule has 0 aliphatic heterocycles. The molecule has 6 atom stereocenters. The van der Waals surface area contributed by atoms with E-state index in [2.05, 4.69) is 55.8 Å². The first kappa shape index (κ1) is 16.2. The third-order valence-electron chi connectivity index (χ3n) is 7.32. The van der Waals surface area contributed by atoms with E-state index < -0.39 is 0 Å². The molecule has 2 unspecified atom stereocenters. The number of allylic oxidation sites excluding steroid dienone is 4. The molecule has 4 aliphatic carbocycles. The smallest absolute Gasteiger partial charge is 0.0758 e. The minimum Gasteiger partial charge on any atom is -0.389 e. The molecule has 24 heavy (non-hydrogen) atoms. The topological polar surface area (TPSA) is 44.3 Å². The summed E-state index contributed by atoms with van der Waals surface area (Å²) in [6, 6.07) is 0.455. The summed E-state index contributed by atoms with van der Waals surface area (Å²) in [6.45, 7) is 4.81. The fourth-order valence-electron chi connectivity index (χ4n) is 5.82. The maximum absolute atomic E-state index is 10.1. The largest absolute Gasteiger partial charge is 0.389 e. The Morgan fingerprint density at radius 1 is 1.17 bits per heavy atom. The molecule has 0 saturated heterocycles. The SMILES string of the molecule is CNC1=C2[C@@H](CC[C@]3(C)C(NC)C=C[C@@H]23)[C@@]2(C)C=CC(O)CC2=C1. The van der Waals surface area contributed by atoms with Crippen LogP contribution in [0, 0.1) is 22.7 Å². The van der Waals surface area contributed by atoms with Gasteiger partial charge in [0.15, 0.2) is 0 Å². The van der Waals surface area contributed by atoms with E-state index in [0.29, 0.717) is 17.9 Å². The van der Waals surface area contributed by atoms with Gasteiger partial charge >= 0.3 is 0 Å². The van der Waals surface area contributed by atoms with Crippen molar-refractivity contribution in [3.63, 3.8) is 0 Å². The van der Waals surface area contributed by atoms with E-state index in [-0.39, 0.29) is 16.9 Å². The highest BCUT2D eigenvalue weighted by molar-refractivity contribution is 5.48. The van der Waals surface area contributed by atoms with Crippen LogP contribution in [-0.2, 0) is 0 Å². The summed E-state index contributed by atoms with van der Waals surface area (Å²) in [7, 11) is 4.11. The zero-order chi connectivity index (χ0) is 17.1. The third-order valence-corrected chi connectivity index (χ3v) is 7.32. The summed E-state index contributed by atoms with van der Waals surface area (Å²) < 4.78 is 0. The van der Waals surface area contributed by atoms with Crippen molar-refractivity contribution >= 4 is 0 Å². The molecule has 4 aliphatic rings. The Labute approximate surface area is 145 Å². The second-order valence-corrected chi connectivity index (χ2v) is 8.43. The molecule has 0 heterocycles. The fraction of sp³-hybridized carbons (Fsp3) is 0.619. The van der Waals surface area contributed by atoms with Gasteiger partial charge in [0.25, 0.3) is 0 Å². The monoisotopic (exact) mass is 326 g/mol. The van der Waals surface area contributed by atoms with Gasteiger partial charge in [-0.05, 0) is 49.3 Å². The van der Waals surface area contributed by atoms with Gasteiger partial charge in [0.1, 0.15) is 0 Å². The highest BCUT2D eigenvalue weighted by atomic mass is 16.3. The normalized spacial score (nSPS) is 46.3.